The summed E-state index contributed by atoms with van der Waals surface area (Å²) in [5.41, 5.74) is 2.30. The molecule has 0 radical (unpaired) electrons. The van der Waals surface area contributed by atoms with E-state index in [4.69, 9.17) is 4.74 Å². The van der Waals surface area contributed by atoms with Crippen LogP contribution in [-0.2, 0) is 5.54 Å². The molecule has 0 spiro atoms. The van der Waals surface area contributed by atoms with Crippen molar-refractivity contribution in [1.82, 2.24) is 19.7 Å². The number of rotatable bonds is 4. The maximum absolute atomic E-state index is 12.9. The van der Waals surface area contributed by atoms with Gasteiger partial charge in [-0.25, -0.2) is 9.97 Å². The van der Waals surface area contributed by atoms with Crippen LogP contribution in [0.1, 0.15) is 34.6 Å². The molecule has 0 aliphatic heterocycles. The highest BCUT2D eigenvalue weighted by atomic mass is 79.9. The highest BCUT2D eigenvalue weighted by molar-refractivity contribution is 9.10. The molecule has 0 saturated heterocycles. The van der Waals surface area contributed by atoms with E-state index >= 15 is 0 Å². The highest BCUT2D eigenvalue weighted by Gasteiger charge is 2.48. The largest absolute Gasteiger partial charge is 0.496 e. The molecule has 3 aromatic rings. The predicted molar refractivity (Wildman–Crippen MR) is 96.8 cm³/mol. The Morgan fingerprint density at radius 3 is 2.92 bits per heavy atom. The second-order valence-electron chi connectivity index (χ2n) is 6.27. The van der Waals surface area contributed by atoms with Crippen LogP contribution in [0.25, 0.3) is 5.65 Å². The molecule has 6 nitrogen and oxygen atoms in total. The van der Waals surface area contributed by atoms with E-state index in [2.05, 4.69) is 31.2 Å². The Balaban J connectivity index is 1.70. The standard InChI is InChI=1S/C18H17BrN4O2/c1-11-10-23-8-7-20-15(16(23)21-11)17(24)22-18(5-6-18)13-9-12(19)3-4-14(13)25-2/h3-4,7-10H,5-6H2,1-2H3,(H,22,24). The van der Waals surface area contributed by atoms with Crippen LogP contribution in [0.5, 0.6) is 5.75 Å². The zero-order chi connectivity index (χ0) is 17.6. The van der Waals surface area contributed by atoms with Gasteiger partial charge in [0.2, 0.25) is 0 Å². The summed E-state index contributed by atoms with van der Waals surface area (Å²) in [6, 6.07) is 5.83. The van der Waals surface area contributed by atoms with Crippen LogP contribution in [0, 0.1) is 6.92 Å². The summed E-state index contributed by atoms with van der Waals surface area (Å²) < 4.78 is 8.25. The van der Waals surface area contributed by atoms with Crippen molar-refractivity contribution in [2.24, 2.45) is 0 Å². The number of benzene rings is 1. The third kappa shape index (κ3) is 2.78. The first-order chi connectivity index (χ1) is 12.0. The minimum absolute atomic E-state index is 0.226. The minimum Gasteiger partial charge on any atom is -0.496 e. The molecule has 1 aliphatic carbocycles. The van der Waals surface area contributed by atoms with Crippen molar-refractivity contribution < 1.29 is 9.53 Å². The van der Waals surface area contributed by atoms with E-state index in [-0.39, 0.29) is 5.91 Å². The van der Waals surface area contributed by atoms with Gasteiger partial charge in [-0.1, -0.05) is 15.9 Å². The molecule has 1 saturated carbocycles. The molecule has 0 unspecified atom stereocenters. The number of aryl methyl sites for hydroxylation is 1. The maximum Gasteiger partial charge on any atom is 0.274 e. The van der Waals surface area contributed by atoms with Crippen LogP contribution in [0.3, 0.4) is 0 Å². The number of nitrogens with one attached hydrogen (secondary N) is 1. The van der Waals surface area contributed by atoms with Gasteiger partial charge < -0.3 is 14.5 Å². The molecule has 1 aliphatic rings. The first kappa shape index (κ1) is 16.1. The molecule has 1 amide bonds. The summed E-state index contributed by atoms with van der Waals surface area (Å²) in [5.74, 6) is 0.541. The van der Waals surface area contributed by atoms with Crippen molar-refractivity contribution in [2.45, 2.75) is 25.3 Å². The quantitative estimate of drug-likeness (QED) is 0.729. The summed E-state index contributed by atoms with van der Waals surface area (Å²) in [4.78, 5) is 21.6. The molecule has 2 heterocycles. The number of hydrogen-bond acceptors (Lipinski definition) is 4. The lowest BCUT2D eigenvalue weighted by molar-refractivity contribution is 0.0926. The van der Waals surface area contributed by atoms with Crippen LogP contribution in [0.2, 0.25) is 0 Å². The van der Waals surface area contributed by atoms with Crippen LogP contribution >= 0.6 is 15.9 Å². The van der Waals surface area contributed by atoms with Crippen molar-refractivity contribution in [2.75, 3.05) is 7.11 Å². The molecule has 1 fully saturated rings. The van der Waals surface area contributed by atoms with Crippen molar-refractivity contribution >= 4 is 27.5 Å². The molecule has 1 aromatic carbocycles. The molecular formula is C18H17BrN4O2. The Morgan fingerprint density at radius 1 is 1.40 bits per heavy atom. The van der Waals surface area contributed by atoms with Gasteiger partial charge in [-0.3, -0.25) is 4.79 Å². The molecular weight excluding hydrogens is 384 g/mol. The van der Waals surface area contributed by atoms with E-state index in [1.807, 2.05) is 35.7 Å². The van der Waals surface area contributed by atoms with Gasteiger partial charge in [0.25, 0.3) is 5.91 Å². The van der Waals surface area contributed by atoms with Crippen molar-refractivity contribution in [1.29, 1.82) is 0 Å². The molecule has 1 N–H and O–H groups in total. The van der Waals surface area contributed by atoms with E-state index in [9.17, 15) is 4.79 Å². The number of carbonyl (C=O) groups is 1. The summed E-state index contributed by atoms with van der Waals surface area (Å²) in [6.07, 6.45) is 7.00. The Kier molecular flexibility index (Phi) is 3.76. The van der Waals surface area contributed by atoms with Gasteiger partial charge in [0, 0.05) is 28.6 Å². The van der Waals surface area contributed by atoms with E-state index in [1.54, 1.807) is 19.5 Å². The molecule has 0 atom stereocenters. The summed E-state index contributed by atoms with van der Waals surface area (Å²) in [7, 11) is 1.64. The maximum atomic E-state index is 12.9. The fourth-order valence-electron chi connectivity index (χ4n) is 3.12. The van der Waals surface area contributed by atoms with Gasteiger partial charge in [-0.2, -0.15) is 0 Å². The number of fused-ring (bicyclic) bond motifs is 1. The van der Waals surface area contributed by atoms with Gasteiger partial charge in [0.05, 0.1) is 18.3 Å². The average molecular weight is 401 g/mol. The second-order valence-corrected chi connectivity index (χ2v) is 7.19. The molecule has 0 bridgehead atoms. The number of amides is 1. The van der Waals surface area contributed by atoms with Gasteiger partial charge in [-0.05, 0) is 38.0 Å². The number of aromatic nitrogens is 3. The zero-order valence-corrected chi connectivity index (χ0v) is 15.5. The van der Waals surface area contributed by atoms with Gasteiger partial charge in [-0.15, -0.1) is 0 Å². The number of carbonyl (C=O) groups excluding carboxylic acids is 1. The number of halogens is 1. The van der Waals surface area contributed by atoms with Crippen LogP contribution in [0.15, 0.2) is 41.3 Å². The third-order valence-electron chi connectivity index (χ3n) is 4.49. The van der Waals surface area contributed by atoms with Crippen molar-refractivity contribution in [3.8, 4) is 5.75 Å². The molecule has 2 aromatic heterocycles. The van der Waals surface area contributed by atoms with E-state index < -0.39 is 5.54 Å². The average Bonchev–Trinajstić information content (AvgIpc) is 3.26. The second kappa shape index (κ2) is 5.84. The smallest absolute Gasteiger partial charge is 0.274 e. The zero-order valence-electron chi connectivity index (χ0n) is 13.9. The first-order valence-electron chi connectivity index (χ1n) is 7.99. The fourth-order valence-corrected chi connectivity index (χ4v) is 3.48. The number of methoxy groups -OCH3 is 1. The third-order valence-corrected chi connectivity index (χ3v) is 4.98. The number of ether oxygens (including phenoxy) is 1. The van der Waals surface area contributed by atoms with Crippen LogP contribution < -0.4 is 10.1 Å². The Hall–Kier alpha value is -2.41. The number of hydrogen-bond donors (Lipinski definition) is 1. The SMILES string of the molecule is COc1ccc(Br)cc1C1(NC(=O)c2nccn3cc(C)nc23)CC1. The molecule has 7 heteroatoms. The minimum atomic E-state index is -0.414. The molecule has 128 valence electrons. The first-order valence-corrected chi connectivity index (χ1v) is 8.78. The molecule has 4 rings (SSSR count). The van der Waals surface area contributed by atoms with Crippen molar-refractivity contribution in [3.63, 3.8) is 0 Å². The topological polar surface area (TPSA) is 68.5 Å². The Labute approximate surface area is 153 Å². The normalized spacial score (nSPS) is 15.2. The number of imidazole rings is 1. The fraction of sp³-hybridized carbons (Fsp3) is 0.278. The highest BCUT2D eigenvalue weighted by Crippen LogP contribution is 2.49. The number of nitrogens with zero attached hydrogens (tertiary/aromatic N) is 3. The van der Waals surface area contributed by atoms with E-state index in [1.165, 1.54) is 0 Å². The van der Waals surface area contributed by atoms with Crippen molar-refractivity contribution in [3.05, 3.63) is 58.2 Å². The van der Waals surface area contributed by atoms with Gasteiger partial charge >= 0.3 is 0 Å². The summed E-state index contributed by atoms with van der Waals surface area (Å²) in [6.45, 7) is 1.89. The predicted octanol–water partition coefficient (Wildman–Crippen LogP) is 3.23. The van der Waals surface area contributed by atoms with Gasteiger partial charge in [0.1, 0.15) is 5.75 Å². The van der Waals surface area contributed by atoms with Gasteiger partial charge in [0.15, 0.2) is 11.3 Å². The monoisotopic (exact) mass is 400 g/mol. The lowest BCUT2D eigenvalue weighted by Crippen LogP contribution is -2.36. The Bertz CT molecular complexity index is 978. The van der Waals surface area contributed by atoms with Crippen LogP contribution in [-0.4, -0.2) is 27.4 Å². The summed E-state index contributed by atoms with van der Waals surface area (Å²) >= 11 is 3.50. The van der Waals surface area contributed by atoms with Crippen LogP contribution in [0.4, 0.5) is 0 Å². The lowest BCUT2D eigenvalue weighted by atomic mass is 10.0. The summed E-state index contributed by atoms with van der Waals surface area (Å²) in [5, 5.41) is 3.15. The molecule has 25 heavy (non-hydrogen) atoms. The lowest BCUT2D eigenvalue weighted by Gasteiger charge is -2.20. The van der Waals surface area contributed by atoms with E-state index in [0.717, 1.165) is 34.3 Å². The van der Waals surface area contributed by atoms with E-state index in [0.29, 0.717) is 11.3 Å². The Morgan fingerprint density at radius 2 is 2.20 bits per heavy atom.